The van der Waals surface area contributed by atoms with E-state index in [1.807, 2.05) is 7.05 Å². The van der Waals surface area contributed by atoms with E-state index in [0.29, 0.717) is 28.4 Å². The molecule has 2 aliphatic rings. The van der Waals surface area contributed by atoms with Gasteiger partial charge >= 0.3 is 0 Å². The molecule has 1 unspecified atom stereocenters. The Kier molecular flexibility index (Phi) is 7.14. The molecule has 10 heteroatoms. The molecule has 1 saturated carbocycles. The molecule has 3 heterocycles. The summed E-state index contributed by atoms with van der Waals surface area (Å²) in [7, 11) is 6.19. The minimum absolute atomic E-state index is 0.207. The molecule has 0 saturated heterocycles. The van der Waals surface area contributed by atoms with Gasteiger partial charge in [0.2, 0.25) is 11.9 Å². The van der Waals surface area contributed by atoms with Crippen LogP contribution in [0.2, 0.25) is 0 Å². The van der Waals surface area contributed by atoms with Crippen molar-refractivity contribution in [3.05, 3.63) is 33.1 Å². The van der Waals surface area contributed by atoms with Crippen molar-refractivity contribution < 1.29 is 4.79 Å². The molecule has 2 aliphatic carbocycles. The van der Waals surface area contributed by atoms with Gasteiger partial charge in [0.1, 0.15) is 4.83 Å². The number of aryl methyl sites for hydroxylation is 2. The number of carbonyl (C=O) groups is 1. The summed E-state index contributed by atoms with van der Waals surface area (Å²) in [6.07, 6.45) is 11.0. The lowest BCUT2D eigenvalue weighted by Gasteiger charge is -2.27. The Bertz CT molecular complexity index is 1170. The third-order valence-electron chi connectivity index (χ3n) is 6.58. The third-order valence-corrected chi connectivity index (χ3v) is 7.77. The van der Waals surface area contributed by atoms with Crippen LogP contribution in [0, 0.1) is 5.92 Å². The van der Waals surface area contributed by atoms with Crippen LogP contribution in [0.5, 0.6) is 0 Å². The van der Waals surface area contributed by atoms with Crippen LogP contribution >= 0.6 is 11.3 Å². The lowest BCUT2D eigenvalue weighted by molar-refractivity contribution is -0.122. The van der Waals surface area contributed by atoms with Crippen molar-refractivity contribution in [2.75, 3.05) is 19.4 Å². The smallest absolute Gasteiger partial charge is 0.261 e. The monoisotopic (exact) mass is 471 g/mol. The summed E-state index contributed by atoms with van der Waals surface area (Å²) in [5.41, 5.74) is 6.14. The van der Waals surface area contributed by atoms with Gasteiger partial charge in [-0.2, -0.15) is 5.10 Å². The van der Waals surface area contributed by atoms with Gasteiger partial charge < -0.3 is 16.0 Å². The molecule has 0 radical (unpaired) electrons. The van der Waals surface area contributed by atoms with Gasteiger partial charge in [-0.15, -0.1) is 11.3 Å². The van der Waals surface area contributed by atoms with Crippen molar-refractivity contribution in [3.8, 4) is 0 Å². The topological polar surface area (TPSA) is 122 Å². The first-order valence-electron chi connectivity index (χ1n) is 11.6. The molecule has 1 amide bonds. The van der Waals surface area contributed by atoms with Crippen LogP contribution in [-0.4, -0.2) is 50.7 Å². The number of thiophene rings is 1. The fraction of sp³-hybridized carbons (Fsp3) is 0.565. The number of primary amides is 1. The predicted octanol–water partition coefficient (Wildman–Crippen LogP) is 2.93. The Morgan fingerprint density at radius 3 is 2.64 bits per heavy atom. The van der Waals surface area contributed by atoms with Gasteiger partial charge in [0.25, 0.3) is 5.56 Å². The largest absolute Gasteiger partial charge is 0.369 e. The van der Waals surface area contributed by atoms with Crippen LogP contribution in [0.4, 0.5) is 11.8 Å². The standard InChI is InChI=1S/C15H16N6O2S.C8H17N/c1-21-5-4-10(20-21)17-15-18-13(23)11-8-6-7(12(16)22)2-3-9(8)24-14(11)19-15;1-9(2)8-6-4-3-5-7-8/h4-5,7H,2-3,6H2,1H3,(H2,16,22)(H2,17,18,19,20,23);8H,3-7H2,1-2H3. The molecule has 1 fully saturated rings. The molecule has 0 bridgehead atoms. The minimum Gasteiger partial charge on any atom is -0.369 e. The van der Waals surface area contributed by atoms with Crippen molar-refractivity contribution in [1.29, 1.82) is 0 Å². The number of rotatable bonds is 4. The number of aromatic nitrogens is 4. The number of aromatic amines is 1. The maximum atomic E-state index is 12.5. The van der Waals surface area contributed by atoms with Crippen LogP contribution in [0.25, 0.3) is 10.2 Å². The normalized spacial score (nSPS) is 18.6. The summed E-state index contributed by atoms with van der Waals surface area (Å²) in [6.45, 7) is 0. The van der Waals surface area contributed by atoms with Gasteiger partial charge in [-0.25, -0.2) is 4.98 Å². The van der Waals surface area contributed by atoms with Gasteiger partial charge in [-0.05, 0) is 51.8 Å². The van der Waals surface area contributed by atoms with E-state index >= 15 is 0 Å². The molecule has 0 aromatic carbocycles. The van der Waals surface area contributed by atoms with E-state index in [2.05, 4.69) is 39.4 Å². The molecule has 5 rings (SSSR count). The fourth-order valence-corrected chi connectivity index (χ4v) is 5.90. The van der Waals surface area contributed by atoms with E-state index in [0.717, 1.165) is 29.3 Å². The van der Waals surface area contributed by atoms with E-state index in [1.54, 1.807) is 16.9 Å². The van der Waals surface area contributed by atoms with E-state index in [9.17, 15) is 9.59 Å². The zero-order valence-corrected chi connectivity index (χ0v) is 20.4. The number of nitrogens with zero attached hydrogens (tertiary/aromatic N) is 4. The van der Waals surface area contributed by atoms with Crippen LogP contribution in [0.15, 0.2) is 17.1 Å². The lowest BCUT2D eigenvalue weighted by atomic mass is 9.87. The lowest BCUT2D eigenvalue weighted by Crippen LogP contribution is -2.29. The SMILES string of the molecule is CN(C)C1CCCCC1.Cn1ccc(Nc2nc3sc4c(c3c(=O)[nH]2)CC(C(N)=O)CC4)n1. The van der Waals surface area contributed by atoms with Crippen LogP contribution in [0.3, 0.4) is 0 Å². The molecule has 3 aromatic rings. The third kappa shape index (κ3) is 5.44. The Morgan fingerprint density at radius 2 is 2.03 bits per heavy atom. The first-order valence-corrected chi connectivity index (χ1v) is 12.4. The zero-order chi connectivity index (χ0) is 23.5. The van der Waals surface area contributed by atoms with Gasteiger partial charge in [0.05, 0.1) is 5.39 Å². The number of carbonyl (C=O) groups excluding carboxylic acids is 1. The first kappa shape index (κ1) is 23.4. The maximum absolute atomic E-state index is 12.5. The van der Waals surface area contributed by atoms with Crippen molar-refractivity contribution in [1.82, 2.24) is 24.6 Å². The van der Waals surface area contributed by atoms with Crippen molar-refractivity contribution >= 4 is 39.2 Å². The van der Waals surface area contributed by atoms with Crippen LogP contribution in [-0.2, 0) is 24.7 Å². The number of fused-ring (bicyclic) bond motifs is 3. The second kappa shape index (κ2) is 10.0. The highest BCUT2D eigenvalue weighted by Gasteiger charge is 2.28. The summed E-state index contributed by atoms with van der Waals surface area (Å²) in [5, 5.41) is 7.78. The van der Waals surface area contributed by atoms with Crippen LogP contribution in [0.1, 0.15) is 49.0 Å². The number of amides is 1. The molecular formula is C23H33N7O2S. The number of hydrogen-bond acceptors (Lipinski definition) is 7. The summed E-state index contributed by atoms with van der Waals surface area (Å²) >= 11 is 1.51. The highest BCUT2D eigenvalue weighted by molar-refractivity contribution is 7.18. The second-order valence-electron chi connectivity index (χ2n) is 9.20. The molecule has 4 N–H and O–H groups in total. The van der Waals surface area contributed by atoms with E-state index in [4.69, 9.17) is 5.73 Å². The fourth-order valence-electron chi connectivity index (χ4n) is 4.68. The maximum Gasteiger partial charge on any atom is 0.261 e. The Balaban J connectivity index is 0.000000243. The Morgan fingerprint density at radius 1 is 1.27 bits per heavy atom. The highest BCUT2D eigenvalue weighted by atomic mass is 32.1. The Hall–Kier alpha value is -2.72. The minimum atomic E-state index is -0.308. The van der Waals surface area contributed by atoms with Crippen molar-refractivity contribution in [2.24, 2.45) is 18.7 Å². The van der Waals surface area contributed by atoms with E-state index < -0.39 is 0 Å². The number of anilines is 2. The van der Waals surface area contributed by atoms with Crippen LogP contribution < -0.4 is 16.6 Å². The molecule has 0 spiro atoms. The summed E-state index contributed by atoms with van der Waals surface area (Å²) < 4.78 is 1.66. The summed E-state index contributed by atoms with van der Waals surface area (Å²) in [5.74, 6) is 0.449. The Labute approximate surface area is 197 Å². The van der Waals surface area contributed by atoms with Crippen molar-refractivity contribution in [3.63, 3.8) is 0 Å². The van der Waals surface area contributed by atoms with Gasteiger partial charge in [0, 0.05) is 36.1 Å². The van der Waals surface area contributed by atoms with Gasteiger partial charge in [-0.3, -0.25) is 19.3 Å². The molecule has 0 aliphatic heterocycles. The van der Waals surface area contributed by atoms with E-state index in [-0.39, 0.29) is 17.4 Å². The summed E-state index contributed by atoms with van der Waals surface area (Å²) in [6, 6.07) is 2.68. The number of nitrogens with one attached hydrogen (secondary N) is 2. The van der Waals surface area contributed by atoms with Gasteiger partial charge in [-0.1, -0.05) is 19.3 Å². The quantitative estimate of drug-likeness (QED) is 0.538. The molecule has 178 valence electrons. The first-order chi connectivity index (χ1) is 15.8. The molecular weight excluding hydrogens is 438 g/mol. The molecule has 33 heavy (non-hydrogen) atoms. The second-order valence-corrected chi connectivity index (χ2v) is 10.3. The molecule has 9 nitrogen and oxygen atoms in total. The predicted molar refractivity (Wildman–Crippen MR) is 132 cm³/mol. The number of hydrogen-bond donors (Lipinski definition) is 3. The number of H-pyrrole nitrogens is 1. The summed E-state index contributed by atoms with van der Waals surface area (Å²) in [4.78, 5) is 35.4. The molecule has 3 aromatic heterocycles. The average molecular weight is 472 g/mol. The van der Waals surface area contributed by atoms with Gasteiger partial charge in [0.15, 0.2) is 5.82 Å². The highest BCUT2D eigenvalue weighted by Crippen LogP contribution is 2.36. The zero-order valence-electron chi connectivity index (χ0n) is 19.6. The van der Waals surface area contributed by atoms with Crippen molar-refractivity contribution in [2.45, 2.75) is 57.4 Å². The molecule has 1 atom stereocenters. The van der Waals surface area contributed by atoms with E-state index in [1.165, 1.54) is 43.4 Å². The average Bonchev–Trinajstić information content (AvgIpc) is 3.37. The number of nitrogens with two attached hydrogens (primary N) is 1.